The van der Waals surface area contributed by atoms with Crippen molar-refractivity contribution in [1.82, 2.24) is 0 Å². The average molecular weight is 289 g/mol. The summed E-state index contributed by atoms with van der Waals surface area (Å²) in [5.74, 6) is 0.836. The van der Waals surface area contributed by atoms with Gasteiger partial charge in [-0.25, -0.2) is 8.42 Å². The number of aryl methyl sites for hydroxylation is 1. The molecule has 4 nitrogen and oxygen atoms in total. The number of anilines is 1. The maximum atomic E-state index is 12.3. The van der Waals surface area contributed by atoms with Gasteiger partial charge in [0, 0.05) is 12.1 Å². The zero-order chi connectivity index (χ0) is 14.2. The highest BCUT2D eigenvalue weighted by Gasteiger charge is 2.16. The minimum absolute atomic E-state index is 0.264. The molecule has 5 heteroatoms. The van der Waals surface area contributed by atoms with Crippen molar-refractivity contribution in [1.29, 1.82) is 0 Å². The van der Waals surface area contributed by atoms with Gasteiger partial charge in [-0.3, -0.25) is 4.72 Å². The van der Waals surface area contributed by atoms with Crippen LogP contribution in [-0.2, 0) is 16.4 Å². The summed E-state index contributed by atoms with van der Waals surface area (Å²) in [6, 6.07) is 12.1. The van der Waals surface area contributed by atoms with Crippen LogP contribution in [0.25, 0.3) is 0 Å². The molecule has 2 aromatic carbocycles. The highest BCUT2D eigenvalue weighted by molar-refractivity contribution is 7.92. The monoisotopic (exact) mass is 289 g/mol. The molecule has 1 aliphatic heterocycles. The number of hydrogen-bond acceptors (Lipinski definition) is 3. The van der Waals surface area contributed by atoms with Gasteiger partial charge in [-0.2, -0.15) is 0 Å². The summed E-state index contributed by atoms with van der Waals surface area (Å²) < 4.78 is 32.5. The van der Waals surface area contributed by atoms with Gasteiger partial charge in [-0.15, -0.1) is 0 Å². The average Bonchev–Trinajstić information content (AvgIpc) is 2.86. The van der Waals surface area contributed by atoms with Gasteiger partial charge >= 0.3 is 0 Å². The Hall–Kier alpha value is -2.01. The van der Waals surface area contributed by atoms with E-state index in [0.717, 1.165) is 23.3 Å². The number of ether oxygens (including phenoxy) is 1. The van der Waals surface area contributed by atoms with Gasteiger partial charge in [0.25, 0.3) is 10.0 Å². The summed E-state index contributed by atoms with van der Waals surface area (Å²) in [5, 5.41) is 0. The molecule has 20 heavy (non-hydrogen) atoms. The van der Waals surface area contributed by atoms with E-state index >= 15 is 0 Å². The van der Waals surface area contributed by atoms with E-state index in [2.05, 4.69) is 4.72 Å². The maximum Gasteiger partial charge on any atom is 0.261 e. The first-order valence-electron chi connectivity index (χ1n) is 6.40. The molecule has 0 saturated heterocycles. The third-order valence-corrected chi connectivity index (χ3v) is 4.67. The zero-order valence-electron chi connectivity index (χ0n) is 11.1. The molecule has 0 atom stereocenters. The minimum Gasteiger partial charge on any atom is -0.493 e. The van der Waals surface area contributed by atoms with Crippen molar-refractivity contribution < 1.29 is 13.2 Å². The molecular formula is C15H15NO3S. The molecule has 0 fully saturated rings. The summed E-state index contributed by atoms with van der Waals surface area (Å²) in [7, 11) is -3.54. The molecule has 0 aliphatic carbocycles. The van der Waals surface area contributed by atoms with E-state index in [1.54, 1.807) is 36.4 Å². The molecule has 0 saturated carbocycles. The number of rotatable bonds is 3. The van der Waals surface area contributed by atoms with Crippen LogP contribution in [0.2, 0.25) is 0 Å². The van der Waals surface area contributed by atoms with Gasteiger partial charge in [0.2, 0.25) is 0 Å². The highest BCUT2D eigenvalue weighted by Crippen LogP contribution is 2.28. The lowest BCUT2D eigenvalue weighted by Gasteiger charge is -2.09. The SMILES string of the molecule is Cc1ccc(S(=O)(=O)Nc2ccc3c(c2)CCO3)cc1. The van der Waals surface area contributed by atoms with E-state index in [0.29, 0.717) is 12.3 Å². The highest BCUT2D eigenvalue weighted by atomic mass is 32.2. The first-order chi connectivity index (χ1) is 9.54. The van der Waals surface area contributed by atoms with Crippen molar-refractivity contribution >= 4 is 15.7 Å². The predicted octanol–water partition coefficient (Wildman–Crippen LogP) is 2.73. The van der Waals surface area contributed by atoms with Crippen molar-refractivity contribution in [3.05, 3.63) is 53.6 Å². The van der Waals surface area contributed by atoms with Gasteiger partial charge in [-0.1, -0.05) is 17.7 Å². The van der Waals surface area contributed by atoms with Crippen LogP contribution in [0.5, 0.6) is 5.75 Å². The van der Waals surface area contributed by atoms with Gasteiger partial charge in [-0.05, 0) is 42.8 Å². The molecule has 0 bridgehead atoms. The molecule has 3 rings (SSSR count). The van der Waals surface area contributed by atoms with Crippen LogP contribution in [-0.4, -0.2) is 15.0 Å². The Bertz CT molecular complexity index is 736. The summed E-state index contributed by atoms with van der Waals surface area (Å²) in [4.78, 5) is 0.264. The van der Waals surface area contributed by atoms with E-state index in [4.69, 9.17) is 4.74 Å². The van der Waals surface area contributed by atoms with Crippen LogP contribution in [0.15, 0.2) is 47.4 Å². The standard InChI is InChI=1S/C15H15NO3S/c1-11-2-5-14(6-3-11)20(17,18)16-13-4-7-15-12(10-13)8-9-19-15/h2-7,10,16H,8-9H2,1H3. The zero-order valence-corrected chi connectivity index (χ0v) is 11.9. The predicted molar refractivity (Wildman–Crippen MR) is 77.6 cm³/mol. The third-order valence-electron chi connectivity index (χ3n) is 3.27. The van der Waals surface area contributed by atoms with Gasteiger partial charge in [0.05, 0.1) is 11.5 Å². The van der Waals surface area contributed by atoms with Crippen LogP contribution < -0.4 is 9.46 Å². The number of nitrogens with one attached hydrogen (secondary N) is 1. The Balaban J connectivity index is 1.88. The fourth-order valence-electron chi connectivity index (χ4n) is 2.18. The molecule has 0 amide bonds. The molecule has 1 aliphatic rings. The first kappa shape index (κ1) is 13.0. The Morgan fingerprint density at radius 2 is 1.85 bits per heavy atom. The lowest BCUT2D eigenvalue weighted by Crippen LogP contribution is -2.12. The second-order valence-corrected chi connectivity index (χ2v) is 6.52. The summed E-state index contributed by atoms with van der Waals surface area (Å²) in [6.07, 6.45) is 0.815. The van der Waals surface area contributed by atoms with E-state index in [-0.39, 0.29) is 4.90 Å². The van der Waals surface area contributed by atoms with Crippen molar-refractivity contribution in [2.45, 2.75) is 18.2 Å². The fourth-order valence-corrected chi connectivity index (χ4v) is 3.23. The number of fused-ring (bicyclic) bond motifs is 1. The molecule has 0 radical (unpaired) electrons. The largest absolute Gasteiger partial charge is 0.493 e. The molecule has 104 valence electrons. The van der Waals surface area contributed by atoms with E-state index in [1.165, 1.54) is 0 Å². The molecular weight excluding hydrogens is 274 g/mol. The third kappa shape index (κ3) is 2.49. The Morgan fingerprint density at radius 3 is 2.60 bits per heavy atom. The lowest BCUT2D eigenvalue weighted by molar-refractivity contribution is 0.357. The van der Waals surface area contributed by atoms with Crippen LogP contribution in [0.3, 0.4) is 0 Å². The number of benzene rings is 2. The van der Waals surface area contributed by atoms with Crippen molar-refractivity contribution in [2.24, 2.45) is 0 Å². The quantitative estimate of drug-likeness (QED) is 0.945. The maximum absolute atomic E-state index is 12.3. The van der Waals surface area contributed by atoms with Crippen LogP contribution in [0.4, 0.5) is 5.69 Å². The summed E-state index contributed by atoms with van der Waals surface area (Å²) >= 11 is 0. The van der Waals surface area contributed by atoms with Crippen molar-refractivity contribution in [3.63, 3.8) is 0 Å². The van der Waals surface area contributed by atoms with Crippen molar-refractivity contribution in [3.8, 4) is 5.75 Å². The minimum atomic E-state index is -3.54. The van der Waals surface area contributed by atoms with E-state index < -0.39 is 10.0 Å². The van der Waals surface area contributed by atoms with Gasteiger partial charge in [0.15, 0.2) is 0 Å². The molecule has 1 N–H and O–H groups in total. The Morgan fingerprint density at radius 1 is 1.10 bits per heavy atom. The molecule has 2 aromatic rings. The topological polar surface area (TPSA) is 55.4 Å². The second-order valence-electron chi connectivity index (χ2n) is 4.84. The van der Waals surface area contributed by atoms with Gasteiger partial charge in [0.1, 0.15) is 5.75 Å². The fraction of sp³-hybridized carbons (Fsp3) is 0.200. The van der Waals surface area contributed by atoms with Crippen molar-refractivity contribution in [2.75, 3.05) is 11.3 Å². The normalized spacial score (nSPS) is 13.7. The molecule has 0 aromatic heterocycles. The van der Waals surface area contributed by atoms with Crippen LogP contribution >= 0.6 is 0 Å². The summed E-state index contributed by atoms with van der Waals surface area (Å²) in [5.41, 5.74) is 2.63. The van der Waals surface area contributed by atoms with E-state index in [9.17, 15) is 8.42 Å². The van der Waals surface area contributed by atoms with Crippen LogP contribution in [0.1, 0.15) is 11.1 Å². The second kappa shape index (κ2) is 4.83. The lowest BCUT2D eigenvalue weighted by atomic mass is 10.1. The van der Waals surface area contributed by atoms with Gasteiger partial charge < -0.3 is 4.74 Å². The number of sulfonamides is 1. The number of hydrogen-bond donors (Lipinski definition) is 1. The smallest absolute Gasteiger partial charge is 0.261 e. The Labute approximate surface area is 118 Å². The van der Waals surface area contributed by atoms with Crippen LogP contribution in [0, 0.1) is 6.92 Å². The first-order valence-corrected chi connectivity index (χ1v) is 7.88. The molecule has 0 unspecified atom stereocenters. The van der Waals surface area contributed by atoms with E-state index in [1.807, 2.05) is 13.0 Å². The molecule has 1 heterocycles. The summed E-state index contributed by atoms with van der Waals surface area (Å²) in [6.45, 7) is 2.58. The molecule has 0 spiro atoms. The Kier molecular flexibility index (Phi) is 3.14.